The Bertz CT molecular complexity index is 1330. The number of carbonyl (C=O) groups excluding carboxylic acids is 1. The Balaban J connectivity index is 1.72. The van der Waals surface area contributed by atoms with Gasteiger partial charge in [-0.15, -0.1) is 0 Å². The molecule has 0 unspecified atom stereocenters. The second-order valence-corrected chi connectivity index (χ2v) is 8.22. The number of aryl methyl sites for hydroxylation is 2. The number of benzene rings is 1. The Labute approximate surface area is 178 Å². The van der Waals surface area contributed by atoms with Crippen LogP contribution < -0.4 is 5.56 Å². The van der Waals surface area contributed by atoms with Crippen LogP contribution in [0.15, 0.2) is 16.9 Å². The Kier molecular flexibility index (Phi) is 4.66. The van der Waals surface area contributed by atoms with Crippen molar-refractivity contribution in [1.82, 2.24) is 9.55 Å². The van der Waals surface area contributed by atoms with Crippen LogP contribution in [0.3, 0.4) is 0 Å². The summed E-state index contributed by atoms with van der Waals surface area (Å²) in [5.41, 5.74) is 6.10. The van der Waals surface area contributed by atoms with E-state index >= 15 is 0 Å². The predicted octanol–water partition coefficient (Wildman–Crippen LogP) is 3.31. The number of pyridine rings is 2. The number of fused-ring (bicyclic) bond motifs is 4. The molecular formula is C24H23FN2O4. The van der Waals surface area contributed by atoms with E-state index in [4.69, 9.17) is 9.72 Å². The number of carbonyl (C=O) groups is 1. The highest BCUT2D eigenvalue weighted by Gasteiger charge is 2.30. The zero-order valence-corrected chi connectivity index (χ0v) is 17.5. The van der Waals surface area contributed by atoms with Crippen molar-refractivity contribution in [3.63, 3.8) is 0 Å². The maximum atomic E-state index is 14.5. The number of hydrogen-bond donors (Lipinski definition) is 1. The SMILES string of the molecule is CCC(=O)OCc1c(CO)cc2n(c1=O)Cc1c-2nc2cc(F)c(C)c3c2c1CCC3. The smallest absolute Gasteiger partial charge is 0.305 e. The molecule has 1 aliphatic carbocycles. The van der Waals surface area contributed by atoms with Gasteiger partial charge in [0.15, 0.2) is 0 Å². The fraction of sp³-hybridized carbons (Fsp3) is 0.375. The molecule has 0 saturated heterocycles. The summed E-state index contributed by atoms with van der Waals surface area (Å²) in [7, 11) is 0. The van der Waals surface area contributed by atoms with E-state index in [0.717, 1.165) is 41.3 Å². The summed E-state index contributed by atoms with van der Waals surface area (Å²) in [5.74, 6) is -0.665. The van der Waals surface area contributed by atoms with E-state index < -0.39 is 5.97 Å². The summed E-state index contributed by atoms with van der Waals surface area (Å²) in [6.07, 6.45) is 2.82. The zero-order valence-electron chi connectivity index (χ0n) is 17.5. The highest BCUT2D eigenvalue weighted by molar-refractivity contribution is 5.92. The quantitative estimate of drug-likeness (QED) is 0.511. The summed E-state index contributed by atoms with van der Waals surface area (Å²) in [4.78, 5) is 29.6. The van der Waals surface area contributed by atoms with E-state index in [-0.39, 0.29) is 36.6 Å². The second-order valence-electron chi connectivity index (χ2n) is 8.22. The molecule has 0 saturated carbocycles. The first-order chi connectivity index (χ1) is 14.9. The summed E-state index contributed by atoms with van der Waals surface area (Å²) in [6, 6.07) is 3.22. The van der Waals surface area contributed by atoms with E-state index in [1.54, 1.807) is 17.6 Å². The Morgan fingerprint density at radius 2 is 2.03 bits per heavy atom. The summed E-state index contributed by atoms with van der Waals surface area (Å²) < 4.78 is 21.3. The zero-order chi connectivity index (χ0) is 21.9. The highest BCUT2D eigenvalue weighted by Crippen LogP contribution is 2.41. The van der Waals surface area contributed by atoms with Crippen LogP contribution in [0.1, 0.15) is 53.1 Å². The molecule has 0 atom stereocenters. The van der Waals surface area contributed by atoms with Crippen molar-refractivity contribution in [3.05, 3.63) is 61.7 Å². The topological polar surface area (TPSA) is 81.4 Å². The minimum atomic E-state index is -0.403. The van der Waals surface area contributed by atoms with Crippen molar-refractivity contribution in [2.75, 3.05) is 0 Å². The maximum absolute atomic E-state index is 14.5. The number of esters is 1. The molecule has 6 nitrogen and oxygen atoms in total. The monoisotopic (exact) mass is 422 g/mol. The molecule has 1 N–H and O–H groups in total. The molecule has 2 aromatic heterocycles. The lowest BCUT2D eigenvalue weighted by molar-refractivity contribution is -0.144. The molecule has 1 aliphatic heterocycles. The number of aliphatic hydroxyl groups is 1. The van der Waals surface area contributed by atoms with E-state index in [2.05, 4.69) is 0 Å². The van der Waals surface area contributed by atoms with Gasteiger partial charge in [-0.25, -0.2) is 9.37 Å². The lowest BCUT2D eigenvalue weighted by Crippen LogP contribution is -2.26. The van der Waals surface area contributed by atoms with Crippen molar-refractivity contribution in [3.8, 4) is 11.4 Å². The molecule has 2 aliphatic rings. The molecule has 7 heteroatoms. The number of nitrogens with zero attached hydrogens (tertiary/aromatic N) is 2. The molecule has 160 valence electrons. The van der Waals surface area contributed by atoms with Gasteiger partial charge in [0.1, 0.15) is 12.4 Å². The molecule has 0 fully saturated rings. The number of aromatic nitrogens is 2. The van der Waals surface area contributed by atoms with E-state index in [0.29, 0.717) is 34.6 Å². The van der Waals surface area contributed by atoms with Crippen molar-refractivity contribution < 1.29 is 19.0 Å². The third-order valence-electron chi connectivity index (χ3n) is 6.56. The van der Waals surface area contributed by atoms with Crippen LogP contribution in [0.25, 0.3) is 22.3 Å². The first-order valence-electron chi connectivity index (χ1n) is 10.6. The van der Waals surface area contributed by atoms with Gasteiger partial charge in [0.05, 0.1) is 35.6 Å². The number of ether oxygens (including phenoxy) is 1. The third kappa shape index (κ3) is 2.91. The van der Waals surface area contributed by atoms with Crippen LogP contribution in [0.2, 0.25) is 0 Å². The fourth-order valence-electron chi connectivity index (χ4n) is 4.91. The van der Waals surface area contributed by atoms with Crippen molar-refractivity contribution in [2.24, 2.45) is 0 Å². The van der Waals surface area contributed by atoms with Crippen LogP contribution in [0.4, 0.5) is 4.39 Å². The average molecular weight is 422 g/mol. The van der Waals surface area contributed by atoms with Crippen LogP contribution in [-0.2, 0) is 42.1 Å². The first-order valence-corrected chi connectivity index (χ1v) is 10.6. The summed E-state index contributed by atoms with van der Waals surface area (Å²) in [6.45, 7) is 3.34. The molecule has 0 bridgehead atoms. The van der Waals surface area contributed by atoms with E-state index in [9.17, 15) is 19.1 Å². The minimum absolute atomic E-state index is 0.172. The predicted molar refractivity (Wildman–Crippen MR) is 113 cm³/mol. The molecular weight excluding hydrogens is 399 g/mol. The lowest BCUT2D eigenvalue weighted by Gasteiger charge is -2.21. The van der Waals surface area contributed by atoms with Crippen molar-refractivity contribution >= 4 is 16.9 Å². The van der Waals surface area contributed by atoms with Gasteiger partial charge in [-0.2, -0.15) is 0 Å². The van der Waals surface area contributed by atoms with E-state index in [1.807, 2.05) is 6.92 Å². The molecule has 3 aromatic rings. The van der Waals surface area contributed by atoms with Crippen LogP contribution >= 0.6 is 0 Å². The highest BCUT2D eigenvalue weighted by atomic mass is 19.1. The van der Waals surface area contributed by atoms with Gasteiger partial charge >= 0.3 is 5.97 Å². The lowest BCUT2D eigenvalue weighted by atomic mass is 9.85. The van der Waals surface area contributed by atoms with Crippen molar-refractivity contribution in [2.45, 2.75) is 59.3 Å². The Morgan fingerprint density at radius 3 is 2.77 bits per heavy atom. The number of hydrogen-bond acceptors (Lipinski definition) is 5. The average Bonchev–Trinajstić information content (AvgIpc) is 3.15. The Hall–Kier alpha value is -3.06. The molecule has 0 spiro atoms. The van der Waals surface area contributed by atoms with Gasteiger partial charge in [0, 0.05) is 23.4 Å². The molecule has 5 rings (SSSR count). The minimum Gasteiger partial charge on any atom is -0.461 e. The number of halogens is 1. The summed E-state index contributed by atoms with van der Waals surface area (Å²) >= 11 is 0. The third-order valence-corrected chi connectivity index (χ3v) is 6.56. The molecule has 1 aromatic carbocycles. The van der Waals surface area contributed by atoms with Gasteiger partial charge in [0.25, 0.3) is 5.56 Å². The fourth-order valence-corrected chi connectivity index (χ4v) is 4.91. The van der Waals surface area contributed by atoms with Crippen LogP contribution in [-0.4, -0.2) is 20.6 Å². The van der Waals surface area contributed by atoms with Crippen LogP contribution in [0.5, 0.6) is 0 Å². The molecule has 0 amide bonds. The van der Waals surface area contributed by atoms with Crippen molar-refractivity contribution in [1.29, 1.82) is 0 Å². The largest absolute Gasteiger partial charge is 0.461 e. The number of rotatable bonds is 4. The van der Waals surface area contributed by atoms with E-state index in [1.165, 1.54) is 6.07 Å². The standard InChI is InChI=1S/C24H23FN2O4/c1-3-21(29)31-11-17-13(10-28)7-20-23-16(9-27(20)24(17)30)15-6-4-5-14-12(2)18(25)8-19(26-23)22(14)15/h7-8,28H,3-6,9-11H2,1-2H3. The van der Waals surface area contributed by atoms with Gasteiger partial charge < -0.3 is 14.4 Å². The second kappa shape index (κ2) is 7.27. The van der Waals surface area contributed by atoms with Gasteiger partial charge in [0.2, 0.25) is 0 Å². The Morgan fingerprint density at radius 1 is 1.26 bits per heavy atom. The number of aliphatic hydroxyl groups excluding tert-OH is 1. The summed E-state index contributed by atoms with van der Waals surface area (Å²) in [5, 5.41) is 10.9. The first kappa shape index (κ1) is 19.9. The normalized spacial score (nSPS) is 13.9. The van der Waals surface area contributed by atoms with Crippen LogP contribution in [0, 0.1) is 12.7 Å². The van der Waals surface area contributed by atoms with Gasteiger partial charge in [-0.1, -0.05) is 6.92 Å². The van der Waals surface area contributed by atoms with Gasteiger partial charge in [-0.3, -0.25) is 9.59 Å². The maximum Gasteiger partial charge on any atom is 0.305 e. The molecule has 0 radical (unpaired) electrons. The molecule has 31 heavy (non-hydrogen) atoms. The van der Waals surface area contributed by atoms with Gasteiger partial charge in [-0.05, 0) is 54.5 Å². The molecule has 3 heterocycles.